The second-order valence-electron chi connectivity index (χ2n) is 4.78. The zero-order valence-electron chi connectivity index (χ0n) is 11.5. The van der Waals surface area contributed by atoms with Gasteiger partial charge in [0, 0.05) is 5.56 Å². The minimum Gasteiger partial charge on any atom is -0.493 e. The van der Waals surface area contributed by atoms with Gasteiger partial charge in [-0.1, -0.05) is 55.5 Å². The van der Waals surface area contributed by atoms with E-state index in [-0.39, 0.29) is 0 Å². The largest absolute Gasteiger partial charge is 0.493 e. The molecule has 2 aromatic carbocycles. The average molecular weight is 256 g/mol. The maximum Gasteiger partial charge on any atom is 0.125 e. The van der Waals surface area contributed by atoms with Gasteiger partial charge in [-0.3, -0.25) is 0 Å². The number of benzene rings is 2. The number of hydrogen-bond donors (Lipinski definition) is 1. The molecule has 2 aromatic rings. The van der Waals surface area contributed by atoms with Crippen LogP contribution in [0, 0.1) is 0 Å². The molecule has 0 saturated carbocycles. The summed E-state index contributed by atoms with van der Waals surface area (Å²) in [6, 6.07) is 17.3. The van der Waals surface area contributed by atoms with Crippen molar-refractivity contribution in [2.75, 3.05) is 6.61 Å². The first-order chi connectivity index (χ1) is 9.16. The Morgan fingerprint density at radius 2 is 1.63 bits per heavy atom. The highest BCUT2D eigenvalue weighted by atomic mass is 16.5. The van der Waals surface area contributed by atoms with Gasteiger partial charge in [0.25, 0.3) is 0 Å². The molecule has 0 radical (unpaired) electrons. The van der Waals surface area contributed by atoms with Crippen LogP contribution >= 0.6 is 0 Å². The van der Waals surface area contributed by atoms with Crippen LogP contribution in [0.3, 0.4) is 0 Å². The molecule has 0 aliphatic rings. The van der Waals surface area contributed by atoms with Gasteiger partial charge < -0.3 is 9.84 Å². The quantitative estimate of drug-likeness (QED) is 0.883. The van der Waals surface area contributed by atoms with Crippen molar-refractivity contribution in [2.45, 2.75) is 25.9 Å². The number of aliphatic hydroxyl groups is 1. The third-order valence-electron chi connectivity index (χ3n) is 3.21. The average Bonchev–Trinajstić information content (AvgIpc) is 2.46. The summed E-state index contributed by atoms with van der Waals surface area (Å²) in [5.41, 5.74) is 0.614. The van der Waals surface area contributed by atoms with Crippen LogP contribution in [0.1, 0.15) is 31.4 Å². The van der Waals surface area contributed by atoms with E-state index in [1.54, 1.807) is 6.92 Å². The van der Waals surface area contributed by atoms with Gasteiger partial charge in [0.15, 0.2) is 0 Å². The molecule has 0 aliphatic heterocycles. The van der Waals surface area contributed by atoms with E-state index in [1.807, 2.05) is 54.6 Å². The summed E-state index contributed by atoms with van der Waals surface area (Å²) in [5.74, 6) is 0.748. The van der Waals surface area contributed by atoms with Gasteiger partial charge in [-0.25, -0.2) is 0 Å². The molecule has 0 aliphatic carbocycles. The maximum absolute atomic E-state index is 10.9. The molecule has 100 valence electrons. The van der Waals surface area contributed by atoms with Crippen LogP contribution in [0.2, 0.25) is 0 Å². The van der Waals surface area contributed by atoms with Crippen molar-refractivity contribution in [3.63, 3.8) is 0 Å². The first-order valence-corrected chi connectivity index (χ1v) is 6.66. The van der Waals surface area contributed by atoms with Gasteiger partial charge in [-0.2, -0.15) is 0 Å². The summed E-state index contributed by atoms with van der Waals surface area (Å²) >= 11 is 0. The molecule has 2 nitrogen and oxygen atoms in total. The lowest BCUT2D eigenvalue weighted by Crippen LogP contribution is -2.23. The van der Waals surface area contributed by atoms with Crippen molar-refractivity contribution in [2.24, 2.45) is 0 Å². The van der Waals surface area contributed by atoms with Gasteiger partial charge in [-0.15, -0.1) is 0 Å². The predicted octanol–water partition coefficient (Wildman–Crippen LogP) is 3.73. The highest BCUT2D eigenvalue weighted by Crippen LogP contribution is 2.35. The number of hydrogen-bond acceptors (Lipinski definition) is 2. The molecule has 0 bridgehead atoms. The number of rotatable bonds is 5. The van der Waals surface area contributed by atoms with Crippen LogP contribution in [0.5, 0.6) is 5.75 Å². The monoisotopic (exact) mass is 256 g/mol. The van der Waals surface area contributed by atoms with Crippen LogP contribution in [0.15, 0.2) is 54.6 Å². The Labute approximate surface area is 114 Å². The molecule has 0 saturated heterocycles. The molecule has 0 aromatic heterocycles. The fraction of sp³-hybridized carbons (Fsp3) is 0.294. The lowest BCUT2D eigenvalue weighted by molar-refractivity contribution is 0.0978. The van der Waals surface area contributed by atoms with Gasteiger partial charge in [-0.05, 0) is 25.0 Å². The van der Waals surface area contributed by atoms with E-state index in [4.69, 9.17) is 4.74 Å². The normalized spacial score (nSPS) is 13.8. The van der Waals surface area contributed by atoms with Crippen LogP contribution in [0.4, 0.5) is 0 Å². The van der Waals surface area contributed by atoms with Crippen molar-refractivity contribution < 1.29 is 9.84 Å². The summed E-state index contributed by atoms with van der Waals surface area (Å²) in [6.45, 7) is 4.52. The number of ether oxygens (including phenoxy) is 1. The van der Waals surface area contributed by atoms with E-state index in [0.717, 1.165) is 23.3 Å². The Hall–Kier alpha value is -1.80. The first-order valence-electron chi connectivity index (χ1n) is 6.66. The van der Waals surface area contributed by atoms with Gasteiger partial charge in [0.2, 0.25) is 0 Å². The van der Waals surface area contributed by atoms with Crippen LogP contribution < -0.4 is 4.74 Å². The molecule has 1 atom stereocenters. The van der Waals surface area contributed by atoms with E-state index >= 15 is 0 Å². The fourth-order valence-electron chi connectivity index (χ4n) is 2.12. The van der Waals surface area contributed by atoms with Crippen molar-refractivity contribution in [1.82, 2.24) is 0 Å². The zero-order chi connectivity index (χ0) is 13.7. The first kappa shape index (κ1) is 13.6. The second kappa shape index (κ2) is 5.89. The summed E-state index contributed by atoms with van der Waals surface area (Å²) in [4.78, 5) is 0. The van der Waals surface area contributed by atoms with E-state index in [0.29, 0.717) is 6.61 Å². The SMILES string of the molecule is CCCOc1ccccc1C(C)(O)c1ccccc1. The second-order valence-corrected chi connectivity index (χ2v) is 4.78. The highest BCUT2D eigenvalue weighted by Gasteiger charge is 2.28. The van der Waals surface area contributed by atoms with Crippen LogP contribution in [0.25, 0.3) is 0 Å². The summed E-state index contributed by atoms with van der Waals surface area (Å²) < 4.78 is 5.73. The van der Waals surface area contributed by atoms with Gasteiger partial charge in [0.1, 0.15) is 11.4 Å². The molecule has 2 heteroatoms. The predicted molar refractivity (Wildman–Crippen MR) is 77.3 cm³/mol. The van der Waals surface area contributed by atoms with Crippen LogP contribution in [-0.4, -0.2) is 11.7 Å². The fourth-order valence-corrected chi connectivity index (χ4v) is 2.12. The van der Waals surface area contributed by atoms with E-state index in [9.17, 15) is 5.11 Å². The van der Waals surface area contributed by atoms with Crippen molar-refractivity contribution in [1.29, 1.82) is 0 Å². The molecule has 0 fully saturated rings. The third kappa shape index (κ3) is 2.96. The Morgan fingerprint density at radius 3 is 2.32 bits per heavy atom. The van der Waals surface area contributed by atoms with Crippen LogP contribution in [-0.2, 0) is 5.60 Å². The molecule has 19 heavy (non-hydrogen) atoms. The lowest BCUT2D eigenvalue weighted by atomic mass is 9.87. The summed E-state index contributed by atoms with van der Waals surface area (Å²) in [5, 5.41) is 10.9. The highest BCUT2D eigenvalue weighted by molar-refractivity contribution is 5.44. The topological polar surface area (TPSA) is 29.5 Å². The van der Waals surface area contributed by atoms with Crippen molar-refractivity contribution in [3.05, 3.63) is 65.7 Å². The molecular formula is C17H20O2. The zero-order valence-corrected chi connectivity index (χ0v) is 11.5. The molecule has 0 amide bonds. The molecule has 0 spiro atoms. The Kier molecular flexibility index (Phi) is 4.23. The Bertz CT molecular complexity index is 518. The minimum atomic E-state index is -1.05. The molecule has 0 heterocycles. The lowest BCUT2D eigenvalue weighted by Gasteiger charge is -2.26. The van der Waals surface area contributed by atoms with Crippen molar-refractivity contribution >= 4 is 0 Å². The minimum absolute atomic E-state index is 0.655. The standard InChI is InChI=1S/C17H20O2/c1-3-13-19-16-12-8-7-11-15(16)17(2,18)14-9-5-4-6-10-14/h4-12,18H,3,13H2,1-2H3. The smallest absolute Gasteiger partial charge is 0.125 e. The van der Waals surface area contributed by atoms with E-state index in [1.165, 1.54) is 0 Å². The van der Waals surface area contributed by atoms with Gasteiger partial charge >= 0.3 is 0 Å². The maximum atomic E-state index is 10.9. The van der Waals surface area contributed by atoms with E-state index in [2.05, 4.69) is 6.92 Å². The summed E-state index contributed by atoms with van der Waals surface area (Å²) in [6.07, 6.45) is 0.946. The van der Waals surface area contributed by atoms with Crippen molar-refractivity contribution in [3.8, 4) is 5.75 Å². The van der Waals surface area contributed by atoms with Gasteiger partial charge in [0.05, 0.1) is 6.61 Å². The Balaban J connectivity index is 2.40. The molecule has 1 N–H and O–H groups in total. The summed E-state index contributed by atoms with van der Waals surface area (Å²) in [7, 11) is 0. The molecule has 2 rings (SSSR count). The third-order valence-corrected chi connectivity index (χ3v) is 3.21. The Morgan fingerprint density at radius 1 is 1.00 bits per heavy atom. The molecule has 1 unspecified atom stereocenters. The number of para-hydroxylation sites is 1. The van der Waals surface area contributed by atoms with E-state index < -0.39 is 5.60 Å². The molecular weight excluding hydrogens is 236 g/mol.